The number of benzene rings is 2. The Morgan fingerprint density at radius 1 is 1.22 bits per heavy atom. The fourth-order valence-corrected chi connectivity index (χ4v) is 3.23. The summed E-state index contributed by atoms with van der Waals surface area (Å²) in [6.45, 7) is 3.50. The van der Waals surface area contributed by atoms with Crippen LogP contribution in [0.25, 0.3) is 0 Å². The second-order valence-electron chi connectivity index (χ2n) is 6.34. The molecule has 0 bridgehead atoms. The molecular weight excluding hydrogens is 371 g/mol. The number of halogens is 1. The zero-order valence-electron chi connectivity index (χ0n) is 15.5. The third kappa shape index (κ3) is 6.56. The average Bonchev–Trinajstić information content (AvgIpc) is 2.58. The Kier molecular flexibility index (Phi) is 6.79. The quantitative estimate of drug-likeness (QED) is 0.746. The van der Waals surface area contributed by atoms with E-state index in [9.17, 15) is 17.6 Å². The highest BCUT2D eigenvalue weighted by Crippen LogP contribution is 2.18. The van der Waals surface area contributed by atoms with Crippen LogP contribution in [0.2, 0.25) is 0 Å². The molecule has 1 atom stereocenters. The fourth-order valence-electron chi connectivity index (χ4n) is 2.38. The van der Waals surface area contributed by atoms with Gasteiger partial charge in [0.15, 0.2) is 0 Å². The number of aryl methyl sites for hydroxylation is 1. The first-order valence-corrected chi connectivity index (χ1v) is 10.2. The molecule has 2 rings (SSSR count). The van der Waals surface area contributed by atoms with Crippen LogP contribution in [0.15, 0.2) is 48.5 Å². The third-order valence-electron chi connectivity index (χ3n) is 3.71. The zero-order chi connectivity index (χ0) is 20.0. The molecule has 1 amide bonds. The summed E-state index contributed by atoms with van der Waals surface area (Å²) in [7, 11) is -3.75. The van der Waals surface area contributed by atoms with Crippen LogP contribution in [-0.4, -0.2) is 39.8 Å². The summed E-state index contributed by atoms with van der Waals surface area (Å²) in [4.78, 5) is 12.3. The maximum Gasteiger partial charge on any atom is 0.241 e. The monoisotopic (exact) mass is 394 g/mol. The Labute approximate surface area is 159 Å². The van der Waals surface area contributed by atoms with E-state index < -0.39 is 28.3 Å². The van der Waals surface area contributed by atoms with E-state index in [1.165, 1.54) is 18.2 Å². The van der Waals surface area contributed by atoms with Gasteiger partial charge in [0.25, 0.3) is 0 Å². The van der Waals surface area contributed by atoms with Crippen LogP contribution in [0.4, 0.5) is 10.1 Å². The van der Waals surface area contributed by atoms with E-state index in [1.807, 2.05) is 31.2 Å². The first kappa shape index (κ1) is 20.7. The lowest BCUT2D eigenvalue weighted by molar-refractivity contribution is -0.120. The Balaban J connectivity index is 1.95. The summed E-state index contributed by atoms with van der Waals surface area (Å²) < 4.78 is 43.9. The minimum atomic E-state index is -3.75. The van der Waals surface area contributed by atoms with Gasteiger partial charge in [0, 0.05) is 0 Å². The molecule has 8 heteroatoms. The Hall–Kier alpha value is -2.61. The van der Waals surface area contributed by atoms with Gasteiger partial charge in [-0.05, 0) is 44.2 Å². The molecule has 0 aromatic heterocycles. The molecule has 27 heavy (non-hydrogen) atoms. The van der Waals surface area contributed by atoms with Crippen molar-refractivity contribution in [2.75, 3.05) is 23.7 Å². The van der Waals surface area contributed by atoms with Gasteiger partial charge >= 0.3 is 0 Å². The van der Waals surface area contributed by atoms with Gasteiger partial charge in [0.1, 0.15) is 24.7 Å². The highest BCUT2D eigenvalue weighted by molar-refractivity contribution is 7.92. The number of hydrogen-bond acceptors (Lipinski definition) is 4. The van der Waals surface area contributed by atoms with Crippen molar-refractivity contribution in [2.45, 2.75) is 19.9 Å². The summed E-state index contributed by atoms with van der Waals surface area (Å²) >= 11 is 0. The Morgan fingerprint density at radius 2 is 1.89 bits per heavy atom. The lowest BCUT2D eigenvalue weighted by atomic mass is 10.2. The van der Waals surface area contributed by atoms with Crippen molar-refractivity contribution in [1.82, 2.24) is 5.32 Å². The first-order chi connectivity index (χ1) is 12.6. The molecule has 0 aliphatic carbocycles. The first-order valence-electron chi connectivity index (χ1n) is 8.37. The fraction of sp³-hybridized carbons (Fsp3) is 0.316. The number of nitrogens with zero attached hydrogens (tertiary/aromatic N) is 1. The van der Waals surface area contributed by atoms with Crippen molar-refractivity contribution in [3.8, 4) is 5.75 Å². The van der Waals surface area contributed by atoms with Gasteiger partial charge < -0.3 is 10.1 Å². The van der Waals surface area contributed by atoms with E-state index in [0.717, 1.165) is 22.2 Å². The summed E-state index contributed by atoms with van der Waals surface area (Å²) in [5.41, 5.74) is 1.21. The van der Waals surface area contributed by atoms with Crippen LogP contribution in [0, 0.1) is 12.7 Å². The van der Waals surface area contributed by atoms with E-state index in [0.29, 0.717) is 5.75 Å². The minimum Gasteiger partial charge on any atom is -0.491 e. The standard InChI is InChI=1S/C19H23FN2O4S/c1-14-7-9-18(10-8-14)26-13-15(2)21-19(23)12-22(27(3,24)25)17-6-4-5-16(20)11-17/h4-11,15H,12-13H2,1-3H3,(H,21,23). The van der Waals surface area contributed by atoms with Crippen LogP contribution >= 0.6 is 0 Å². The molecule has 146 valence electrons. The number of carbonyl (C=O) groups excluding carboxylic acids is 1. The maximum absolute atomic E-state index is 13.4. The van der Waals surface area contributed by atoms with Gasteiger partial charge in [-0.2, -0.15) is 0 Å². The van der Waals surface area contributed by atoms with E-state index >= 15 is 0 Å². The lowest BCUT2D eigenvalue weighted by Crippen LogP contribution is -2.44. The third-order valence-corrected chi connectivity index (χ3v) is 4.85. The number of carbonyl (C=O) groups is 1. The van der Waals surface area contributed by atoms with Crippen molar-refractivity contribution >= 4 is 21.6 Å². The number of ether oxygens (including phenoxy) is 1. The normalized spacial score (nSPS) is 12.3. The summed E-state index contributed by atoms with van der Waals surface area (Å²) in [5, 5.41) is 2.68. The number of sulfonamides is 1. The number of nitrogens with one attached hydrogen (secondary N) is 1. The highest BCUT2D eigenvalue weighted by Gasteiger charge is 2.22. The largest absolute Gasteiger partial charge is 0.491 e. The smallest absolute Gasteiger partial charge is 0.241 e. The van der Waals surface area contributed by atoms with Gasteiger partial charge in [-0.1, -0.05) is 23.8 Å². The van der Waals surface area contributed by atoms with Gasteiger partial charge in [-0.3, -0.25) is 9.10 Å². The molecule has 6 nitrogen and oxygen atoms in total. The molecule has 2 aromatic rings. The molecule has 0 aliphatic heterocycles. The molecule has 0 saturated heterocycles. The van der Waals surface area contributed by atoms with Gasteiger partial charge in [0.2, 0.25) is 15.9 Å². The Morgan fingerprint density at radius 3 is 2.48 bits per heavy atom. The number of anilines is 1. The van der Waals surface area contributed by atoms with Gasteiger partial charge in [0.05, 0.1) is 18.0 Å². The molecular formula is C19H23FN2O4S. The van der Waals surface area contributed by atoms with Crippen molar-refractivity contribution in [2.24, 2.45) is 0 Å². The molecule has 0 heterocycles. The molecule has 1 unspecified atom stereocenters. The summed E-state index contributed by atoms with van der Waals surface area (Å²) in [5.74, 6) is -0.412. The SMILES string of the molecule is Cc1ccc(OCC(C)NC(=O)CN(c2cccc(F)c2)S(C)(=O)=O)cc1. The van der Waals surface area contributed by atoms with Gasteiger partial charge in [-0.15, -0.1) is 0 Å². The topological polar surface area (TPSA) is 75.7 Å². The molecule has 2 aromatic carbocycles. The number of amides is 1. The average molecular weight is 394 g/mol. The summed E-state index contributed by atoms with van der Waals surface area (Å²) in [6.07, 6.45) is 0.967. The van der Waals surface area contributed by atoms with Crippen LogP contribution in [-0.2, 0) is 14.8 Å². The number of rotatable bonds is 8. The molecule has 0 aliphatic rings. The molecule has 1 N–H and O–H groups in total. The second kappa shape index (κ2) is 8.85. The van der Waals surface area contributed by atoms with Crippen molar-refractivity contribution in [3.63, 3.8) is 0 Å². The Bertz CT molecular complexity index is 885. The second-order valence-corrected chi connectivity index (χ2v) is 8.25. The van der Waals surface area contributed by atoms with Crippen molar-refractivity contribution in [1.29, 1.82) is 0 Å². The molecule has 0 saturated carbocycles. The number of hydrogen-bond donors (Lipinski definition) is 1. The lowest BCUT2D eigenvalue weighted by Gasteiger charge is -2.23. The van der Waals surface area contributed by atoms with Crippen LogP contribution in [0.3, 0.4) is 0 Å². The van der Waals surface area contributed by atoms with E-state index in [2.05, 4.69) is 5.32 Å². The summed E-state index contributed by atoms with van der Waals surface area (Å²) in [6, 6.07) is 12.3. The predicted molar refractivity (Wildman–Crippen MR) is 103 cm³/mol. The van der Waals surface area contributed by atoms with E-state index in [-0.39, 0.29) is 18.3 Å². The van der Waals surface area contributed by atoms with Crippen LogP contribution in [0.5, 0.6) is 5.75 Å². The van der Waals surface area contributed by atoms with Crippen molar-refractivity contribution in [3.05, 3.63) is 59.9 Å². The van der Waals surface area contributed by atoms with Crippen LogP contribution in [0.1, 0.15) is 12.5 Å². The predicted octanol–water partition coefficient (Wildman–Crippen LogP) is 2.48. The van der Waals surface area contributed by atoms with Crippen molar-refractivity contribution < 1.29 is 22.3 Å². The van der Waals surface area contributed by atoms with E-state index in [4.69, 9.17) is 4.74 Å². The maximum atomic E-state index is 13.4. The zero-order valence-corrected chi connectivity index (χ0v) is 16.3. The van der Waals surface area contributed by atoms with Gasteiger partial charge in [-0.25, -0.2) is 12.8 Å². The highest BCUT2D eigenvalue weighted by atomic mass is 32.2. The van der Waals surface area contributed by atoms with Crippen LogP contribution < -0.4 is 14.4 Å². The molecule has 0 radical (unpaired) electrons. The minimum absolute atomic E-state index is 0.0937. The molecule has 0 fully saturated rings. The molecule has 0 spiro atoms. The van der Waals surface area contributed by atoms with E-state index in [1.54, 1.807) is 6.92 Å².